The average molecular weight is 512 g/mol. The summed E-state index contributed by atoms with van der Waals surface area (Å²) < 4.78 is 38.0. The Morgan fingerprint density at radius 1 is 0.892 bits per heavy atom. The smallest absolute Gasteiger partial charge is 0.255 e. The topological polar surface area (TPSA) is 93.9 Å². The summed E-state index contributed by atoms with van der Waals surface area (Å²) in [6.45, 7) is 4.59. The Morgan fingerprint density at radius 3 is 2.08 bits per heavy atom. The Bertz CT molecular complexity index is 1240. The van der Waals surface area contributed by atoms with Crippen molar-refractivity contribution in [1.29, 1.82) is 0 Å². The second kappa shape index (κ2) is 11.8. The molecule has 3 aromatic carbocycles. The number of hydrogen-bond donors (Lipinski definition) is 2. The Balaban J connectivity index is 1.77. The minimum Gasteiger partial charge on any atom is -0.493 e. The van der Waals surface area contributed by atoms with Crippen LogP contribution in [-0.2, 0) is 6.54 Å². The molecule has 0 bridgehead atoms. The highest BCUT2D eigenvalue weighted by molar-refractivity contribution is 6.04. The molecule has 0 aliphatic heterocycles. The van der Waals surface area contributed by atoms with Gasteiger partial charge < -0.3 is 25.4 Å². The molecule has 0 saturated carbocycles. The Hall–Kier alpha value is -3.98. The van der Waals surface area contributed by atoms with Crippen molar-refractivity contribution < 1.29 is 27.8 Å². The molecule has 3 N–H and O–H groups in total. The van der Waals surface area contributed by atoms with Gasteiger partial charge in [0.05, 0.1) is 14.2 Å². The number of benzene rings is 3. The standard InChI is InChI=1S/C28H31F2N3O4/c1-28(2,16-31)17-33(27(35)20-11-21(29)14-22(30)12-20)15-18-5-8-23(9-6-18)32-26(34)19-7-10-24(36-3)25(13-19)37-4/h5-14H,15-17,31H2,1-4H3,(H,32,34). The molecule has 0 saturated heterocycles. The van der Waals surface area contributed by atoms with Gasteiger partial charge in [0.25, 0.3) is 11.8 Å². The molecular weight excluding hydrogens is 480 g/mol. The van der Waals surface area contributed by atoms with Gasteiger partial charge in [-0.15, -0.1) is 0 Å². The zero-order chi connectivity index (χ0) is 27.2. The van der Waals surface area contributed by atoms with Gasteiger partial charge in [0.15, 0.2) is 11.5 Å². The first kappa shape index (κ1) is 27.6. The summed E-state index contributed by atoms with van der Waals surface area (Å²) in [4.78, 5) is 27.4. The third kappa shape index (κ3) is 7.27. The zero-order valence-corrected chi connectivity index (χ0v) is 21.3. The number of carbonyl (C=O) groups excluding carboxylic acids is 2. The molecule has 2 amide bonds. The molecule has 0 spiro atoms. The third-order valence-electron chi connectivity index (χ3n) is 5.80. The largest absolute Gasteiger partial charge is 0.493 e. The highest BCUT2D eigenvalue weighted by atomic mass is 19.1. The highest BCUT2D eigenvalue weighted by Gasteiger charge is 2.25. The number of halogens is 2. The van der Waals surface area contributed by atoms with Crippen LogP contribution in [0.2, 0.25) is 0 Å². The van der Waals surface area contributed by atoms with Crippen molar-refractivity contribution >= 4 is 17.5 Å². The van der Waals surface area contributed by atoms with Crippen LogP contribution in [-0.4, -0.2) is 44.0 Å². The molecule has 0 aliphatic carbocycles. The van der Waals surface area contributed by atoms with E-state index >= 15 is 0 Å². The first-order valence-corrected chi connectivity index (χ1v) is 11.6. The second-order valence-electron chi connectivity index (χ2n) is 9.41. The predicted octanol–water partition coefficient (Wildman–Crippen LogP) is 4.86. The molecule has 3 aromatic rings. The molecule has 0 aliphatic rings. The third-order valence-corrected chi connectivity index (χ3v) is 5.80. The number of ether oxygens (including phenoxy) is 2. The molecule has 0 heterocycles. The van der Waals surface area contributed by atoms with E-state index in [9.17, 15) is 18.4 Å². The van der Waals surface area contributed by atoms with E-state index in [1.54, 1.807) is 42.5 Å². The van der Waals surface area contributed by atoms with Crippen molar-refractivity contribution in [2.75, 3.05) is 32.6 Å². The average Bonchev–Trinajstić information content (AvgIpc) is 2.87. The molecule has 0 unspecified atom stereocenters. The second-order valence-corrected chi connectivity index (χ2v) is 9.41. The van der Waals surface area contributed by atoms with E-state index in [1.165, 1.54) is 19.1 Å². The Morgan fingerprint density at radius 2 is 1.51 bits per heavy atom. The lowest BCUT2D eigenvalue weighted by atomic mass is 9.92. The normalized spacial score (nSPS) is 11.1. The number of hydrogen-bond acceptors (Lipinski definition) is 5. The van der Waals surface area contributed by atoms with Gasteiger partial charge in [-0.1, -0.05) is 26.0 Å². The summed E-state index contributed by atoms with van der Waals surface area (Å²) in [5.41, 5.74) is 7.08. The first-order valence-electron chi connectivity index (χ1n) is 11.6. The van der Waals surface area contributed by atoms with E-state index in [1.807, 2.05) is 13.8 Å². The SMILES string of the molecule is COc1ccc(C(=O)Nc2ccc(CN(CC(C)(C)CN)C(=O)c3cc(F)cc(F)c3)cc2)cc1OC. The minimum atomic E-state index is -0.823. The van der Waals surface area contributed by atoms with Crippen LogP contribution in [0.4, 0.5) is 14.5 Å². The molecule has 196 valence electrons. The summed E-state index contributed by atoms with van der Waals surface area (Å²) in [7, 11) is 3.01. The van der Waals surface area contributed by atoms with E-state index in [-0.39, 0.29) is 24.6 Å². The number of amides is 2. The van der Waals surface area contributed by atoms with E-state index in [4.69, 9.17) is 15.2 Å². The van der Waals surface area contributed by atoms with Gasteiger partial charge in [-0.05, 0) is 60.0 Å². The van der Waals surface area contributed by atoms with Crippen molar-refractivity contribution in [3.63, 3.8) is 0 Å². The van der Waals surface area contributed by atoms with Crippen LogP contribution in [0, 0.1) is 17.0 Å². The lowest BCUT2D eigenvalue weighted by molar-refractivity contribution is 0.0672. The van der Waals surface area contributed by atoms with Gasteiger partial charge >= 0.3 is 0 Å². The Kier molecular flexibility index (Phi) is 8.83. The summed E-state index contributed by atoms with van der Waals surface area (Å²) in [6, 6.07) is 14.6. The molecule has 0 fully saturated rings. The van der Waals surface area contributed by atoms with Crippen LogP contribution < -0.4 is 20.5 Å². The number of anilines is 1. The first-order chi connectivity index (χ1) is 17.5. The van der Waals surface area contributed by atoms with Gasteiger partial charge in [-0.2, -0.15) is 0 Å². The number of nitrogens with zero attached hydrogens (tertiary/aromatic N) is 1. The van der Waals surface area contributed by atoms with Gasteiger partial charge in [0.1, 0.15) is 11.6 Å². The van der Waals surface area contributed by atoms with Crippen molar-refractivity contribution in [2.45, 2.75) is 20.4 Å². The molecule has 0 radical (unpaired) electrons. The van der Waals surface area contributed by atoms with Crippen LogP contribution in [0.15, 0.2) is 60.7 Å². The molecule has 37 heavy (non-hydrogen) atoms. The maximum atomic E-state index is 13.8. The van der Waals surface area contributed by atoms with Crippen molar-refractivity contribution in [3.8, 4) is 11.5 Å². The van der Waals surface area contributed by atoms with Gasteiger partial charge in [0.2, 0.25) is 0 Å². The van der Waals surface area contributed by atoms with Crippen LogP contribution in [0.25, 0.3) is 0 Å². The van der Waals surface area contributed by atoms with E-state index < -0.39 is 23.0 Å². The molecule has 0 aromatic heterocycles. The maximum Gasteiger partial charge on any atom is 0.255 e. The molecule has 9 heteroatoms. The summed E-state index contributed by atoms with van der Waals surface area (Å²) in [6.07, 6.45) is 0. The predicted molar refractivity (Wildman–Crippen MR) is 138 cm³/mol. The van der Waals surface area contributed by atoms with E-state index in [2.05, 4.69) is 5.32 Å². The fourth-order valence-electron chi connectivity index (χ4n) is 3.74. The highest BCUT2D eigenvalue weighted by Crippen LogP contribution is 2.28. The number of methoxy groups -OCH3 is 2. The van der Waals surface area contributed by atoms with Crippen molar-refractivity contribution in [2.24, 2.45) is 11.1 Å². The lowest BCUT2D eigenvalue weighted by Gasteiger charge is -2.32. The van der Waals surface area contributed by atoms with Gasteiger partial charge in [-0.25, -0.2) is 8.78 Å². The molecule has 0 atom stereocenters. The van der Waals surface area contributed by atoms with Crippen molar-refractivity contribution in [1.82, 2.24) is 4.90 Å². The van der Waals surface area contributed by atoms with E-state index in [0.29, 0.717) is 29.3 Å². The number of nitrogens with one attached hydrogen (secondary N) is 1. The Labute approximate surface area is 215 Å². The van der Waals surface area contributed by atoms with Crippen LogP contribution in [0.1, 0.15) is 40.1 Å². The summed E-state index contributed by atoms with van der Waals surface area (Å²) in [5, 5.41) is 2.82. The zero-order valence-electron chi connectivity index (χ0n) is 21.3. The van der Waals surface area contributed by atoms with Crippen LogP contribution in [0.5, 0.6) is 11.5 Å². The minimum absolute atomic E-state index is 0.0795. The number of nitrogens with two attached hydrogens (primary N) is 1. The van der Waals surface area contributed by atoms with Gasteiger partial charge in [0, 0.05) is 36.0 Å². The quantitative estimate of drug-likeness (QED) is 0.405. The summed E-state index contributed by atoms with van der Waals surface area (Å²) >= 11 is 0. The monoisotopic (exact) mass is 511 g/mol. The van der Waals surface area contributed by atoms with Crippen LogP contribution in [0.3, 0.4) is 0 Å². The molecule has 3 rings (SSSR count). The van der Waals surface area contributed by atoms with Crippen LogP contribution >= 0.6 is 0 Å². The summed E-state index contributed by atoms with van der Waals surface area (Å²) in [5.74, 6) is -1.53. The van der Waals surface area contributed by atoms with E-state index in [0.717, 1.165) is 23.8 Å². The fraction of sp³-hybridized carbons (Fsp3) is 0.286. The number of carbonyl (C=O) groups is 2. The number of rotatable bonds is 10. The lowest BCUT2D eigenvalue weighted by Crippen LogP contribution is -2.41. The molecule has 7 nitrogen and oxygen atoms in total. The van der Waals surface area contributed by atoms with Gasteiger partial charge in [-0.3, -0.25) is 9.59 Å². The molecular formula is C28H31F2N3O4. The maximum absolute atomic E-state index is 13.8. The van der Waals surface area contributed by atoms with Crippen molar-refractivity contribution in [3.05, 3.63) is 89.0 Å². The fourth-order valence-corrected chi connectivity index (χ4v) is 3.74.